The van der Waals surface area contributed by atoms with Gasteiger partial charge in [0.1, 0.15) is 18.9 Å². The molecule has 0 aliphatic rings. The molecule has 230 valence electrons. The number of hydrogen-bond donors (Lipinski definition) is 4. The number of likely N-dealkylation sites (N-methyl/N-ethyl adjacent to an activating group) is 2. The van der Waals surface area contributed by atoms with Gasteiger partial charge in [-0.25, -0.2) is 5.48 Å². The van der Waals surface area contributed by atoms with Crippen molar-refractivity contribution in [3.05, 3.63) is 70.3 Å². The van der Waals surface area contributed by atoms with Crippen LogP contribution in [0.4, 0.5) is 0 Å². The van der Waals surface area contributed by atoms with E-state index in [1.54, 1.807) is 18.6 Å². The van der Waals surface area contributed by atoms with E-state index in [1.165, 1.54) is 5.56 Å². The second-order valence-electron chi connectivity index (χ2n) is 10.1. The molecule has 1 atom stereocenters. The minimum absolute atomic E-state index is 0.131. The van der Waals surface area contributed by atoms with Crippen molar-refractivity contribution in [1.82, 2.24) is 21.0 Å². The van der Waals surface area contributed by atoms with Crippen LogP contribution in [0.2, 0.25) is 0 Å². The van der Waals surface area contributed by atoms with Crippen molar-refractivity contribution < 1.29 is 29.2 Å². The highest BCUT2D eigenvalue weighted by molar-refractivity contribution is 5.82. The number of rotatable bonds is 19. The fraction of sp³-hybridized carbons (Fsp3) is 0.469. The largest absolute Gasteiger partial charge is 0.358 e. The number of amides is 2. The molecular weight excluding hydrogens is 536 g/mol. The monoisotopic (exact) mass is 582 g/mol. The van der Waals surface area contributed by atoms with Gasteiger partial charge >= 0.3 is 0 Å². The van der Waals surface area contributed by atoms with Crippen LogP contribution in [0.3, 0.4) is 0 Å². The van der Waals surface area contributed by atoms with Crippen molar-refractivity contribution in [2.24, 2.45) is 0 Å². The molecule has 10 nitrogen and oxygen atoms in total. The number of aldehydes is 3. The summed E-state index contributed by atoms with van der Waals surface area (Å²) in [5.74, 6) is -0.441. The van der Waals surface area contributed by atoms with E-state index < -0.39 is 6.04 Å². The normalized spacial score (nSPS) is 11.2. The fourth-order valence-electron chi connectivity index (χ4n) is 4.51. The van der Waals surface area contributed by atoms with Crippen LogP contribution in [0.15, 0.2) is 42.5 Å². The van der Waals surface area contributed by atoms with Gasteiger partial charge in [0.25, 0.3) is 0 Å². The van der Waals surface area contributed by atoms with E-state index in [9.17, 15) is 24.0 Å². The Morgan fingerprint density at radius 2 is 1.57 bits per heavy atom. The van der Waals surface area contributed by atoms with E-state index in [1.807, 2.05) is 55.4 Å². The molecule has 2 amide bonds. The molecule has 0 radical (unpaired) electrons. The van der Waals surface area contributed by atoms with E-state index in [0.29, 0.717) is 43.5 Å². The van der Waals surface area contributed by atoms with Gasteiger partial charge < -0.3 is 15.4 Å². The average molecular weight is 583 g/mol. The Bertz CT molecular complexity index is 1110. The van der Waals surface area contributed by atoms with Crippen LogP contribution in [0.1, 0.15) is 88.8 Å². The number of hydroxylamine groups is 1. The lowest BCUT2D eigenvalue weighted by atomic mass is 10.0. The van der Waals surface area contributed by atoms with E-state index in [4.69, 9.17) is 5.21 Å². The third kappa shape index (κ3) is 14.2. The Morgan fingerprint density at radius 3 is 2.17 bits per heavy atom. The SMILES string of the molecule is CNCc1ccc(C=O)c(CN(C)C(CCC=O)C(=O)NC)c1.O=Cc1ccc(CCCCCCCC(=O)NO)cc1. The topological polar surface area (TPSA) is 145 Å². The van der Waals surface area contributed by atoms with Crippen molar-refractivity contribution in [3.63, 3.8) is 0 Å². The maximum atomic E-state index is 12.0. The summed E-state index contributed by atoms with van der Waals surface area (Å²) in [6.07, 6.45) is 9.87. The molecule has 0 aromatic heterocycles. The Kier molecular flexibility index (Phi) is 19.0. The van der Waals surface area contributed by atoms with Crippen LogP contribution in [-0.4, -0.2) is 68.0 Å². The van der Waals surface area contributed by atoms with Crippen molar-refractivity contribution >= 4 is 30.7 Å². The average Bonchev–Trinajstić information content (AvgIpc) is 3.01. The first-order valence-corrected chi connectivity index (χ1v) is 14.4. The Labute approximate surface area is 249 Å². The predicted octanol–water partition coefficient (Wildman–Crippen LogP) is 3.63. The van der Waals surface area contributed by atoms with Crippen LogP contribution in [0.5, 0.6) is 0 Å². The van der Waals surface area contributed by atoms with Gasteiger partial charge in [0, 0.05) is 44.1 Å². The summed E-state index contributed by atoms with van der Waals surface area (Å²) in [6.45, 7) is 1.17. The molecule has 1 unspecified atom stereocenters. The number of aryl methyl sites for hydroxylation is 1. The zero-order valence-electron chi connectivity index (χ0n) is 25.1. The van der Waals surface area contributed by atoms with E-state index >= 15 is 0 Å². The molecule has 10 heteroatoms. The molecule has 2 aromatic carbocycles. The molecule has 0 aliphatic heterocycles. The molecule has 0 saturated carbocycles. The van der Waals surface area contributed by atoms with Crippen molar-refractivity contribution in [2.45, 2.75) is 76.9 Å². The highest BCUT2D eigenvalue weighted by atomic mass is 16.5. The molecule has 2 aromatic rings. The molecule has 0 saturated heterocycles. The Balaban J connectivity index is 0.000000428. The quantitative estimate of drug-likeness (QED) is 0.0851. The summed E-state index contributed by atoms with van der Waals surface area (Å²) in [5.41, 5.74) is 6.16. The first kappa shape index (κ1) is 36.3. The maximum Gasteiger partial charge on any atom is 0.243 e. The van der Waals surface area contributed by atoms with Gasteiger partial charge in [-0.15, -0.1) is 0 Å². The second-order valence-corrected chi connectivity index (χ2v) is 10.1. The molecule has 0 heterocycles. The third-order valence-electron chi connectivity index (χ3n) is 6.88. The third-order valence-corrected chi connectivity index (χ3v) is 6.88. The van der Waals surface area contributed by atoms with E-state index in [2.05, 4.69) is 10.6 Å². The maximum absolute atomic E-state index is 12.0. The summed E-state index contributed by atoms with van der Waals surface area (Å²) >= 11 is 0. The lowest BCUT2D eigenvalue weighted by Crippen LogP contribution is -2.43. The summed E-state index contributed by atoms with van der Waals surface area (Å²) in [5, 5.41) is 14.0. The molecule has 4 N–H and O–H groups in total. The highest BCUT2D eigenvalue weighted by Gasteiger charge is 2.22. The highest BCUT2D eigenvalue weighted by Crippen LogP contribution is 2.16. The molecule has 0 spiro atoms. The molecule has 0 bridgehead atoms. The summed E-state index contributed by atoms with van der Waals surface area (Å²) in [6, 6.07) is 12.9. The van der Waals surface area contributed by atoms with E-state index in [-0.39, 0.29) is 11.8 Å². The van der Waals surface area contributed by atoms with Gasteiger partial charge in [0.15, 0.2) is 0 Å². The minimum atomic E-state index is -0.405. The van der Waals surface area contributed by atoms with Gasteiger partial charge in [-0.05, 0) is 56.5 Å². The molecule has 0 aliphatic carbocycles. The zero-order chi connectivity index (χ0) is 31.2. The number of carbonyl (C=O) groups excluding carboxylic acids is 5. The van der Waals surface area contributed by atoms with Gasteiger partial charge in [-0.3, -0.25) is 29.3 Å². The second kappa shape index (κ2) is 21.9. The van der Waals surface area contributed by atoms with Crippen molar-refractivity contribution in [3.8, 4) is 0 Å². The lowest BCUT2D eigenvalue weighted by Gasteiger charge is -2.27. The number of unbranched alkanes of at least 4 members (excludes halogenated alkanes) is 4. The molecule has 2 rings (SSSR count). The van der Waals surface area contributed by atoms with Gasteiger partial charge in [-0.1, -0.05) is 61.7 Å². The smallest absolute Gasteiger partial charge is 0.243 e. The number of nitrogens with zero attached hydrogens (tertiary/aromatic N) is 1. The molecule has 0 fully saturated rings. The summed E-state index contributed by atoms with van der Waals surface area (Å²) in [4.78, 5) is 57.0. The first-order chi connectivity index (χ1) is 20.3. The van der Waals surface area contributed by atoms with Crippen LogP contribution >= 0.6 is 0 Å². The lowest BCUT2D eigenvalue weighted by molar-refractivity contribution is -0.129. The van der Waals surface area contributed by atoms with Gasteiger partial charge in [0.2, 0.25) is 11.8 Å². The number of nitrogens with one attached hydrogen (secondary N) is 3. The van der Waals surface area contributed by atoms with Crippen LogP contribution in [0.25, 0.3) is 0 Å². The first-order valence-electron chi connectivity index (χ1n) is 14.4. The summed E-state index contributed by atoms with van der Waals surface area (Å²) < 4.78 is 0. The minimum Gasteiger partial charge on any atom is -0.358 e. The van der Waals surface area contributed by atoms with Crippen LogP contribution in [0, 0.1) is 0 Å². The predicted molar refractivity (Wildman–Crippen MR) is 162 cm³/mol. The molecular formula is C32H46N4O6. The zero-order valence-corrected chi connectivity index (χ0v) is 25.1. The molecule has 42 heavy (non-hydrogen) atoms. The van der Waals surface area contributed by atoms with Crippen molar-refractivity contribution in [1.29, 1.82) is 0 Å². The Morgan fingerprint density at radius 1 is 0.905 bits per heavy atom. The van der Waals surface area contributed by atoms with Crippen molar-refractivity contribution in [2.75, 3.05) is 21.1 Å². The van der Waals surface area contributed by atoms with Gasteiger partial charge in [0.05, 0.1) is 6.04 Å². The van der Waals surface area contributed by atoms with Gasteiger partial charge in [-0.2, -0.15) is 0 Å². The fourth-order valence-corrected chi connectivity index (χ4v) is 4.51. The Hall–Kier alpha value is -3.73. The summed E-state index contributed by atoms with van der Waals surface area (Å²) in [7, 11) is 5.26. The number of benzene rings is 2. The van der Waals surface area contributed by atoms with Crippen LogP contribution < -0.4 is 16.1 Å². The standard InChI is InChI=1S/C17H25N3O3.C15H21NO3/c1-18-10-13-6-7-14(12-22)15(9-13)11-20(3)16(5-4-8-21)17(23)19-2;17-12-14-10-8-13(9-11-14)6-4-2-1-3-5-7-15(18)16-19/h6-9,12,16,18H,4-5,10-11H2,1-3H3,(H,19,23);8-12,19H,1-7H2,(H,16,18). The van der Waals surface area contributed by atoms with Crippen LogP contribution in [-0.2, 0) is 33.9 Å². The number of carbonyl (C=O) groups is 5. The number of hydrogen-bond acceptors (Lipinski definition) is 8. The van der Waals surface area contributed by atoms with E-state index in [0.717, 1.165) is 68.5 Å².